The van der Waals surface area contributed by atoms with Crippen LogP contribution in [0.3, 0.4) is 0 Å². The smallest absolute Gasteiger partial charge is 0.205 e. The molecule has 0 unspecified atom stereocenters. The Morgan fingerprint density at radius 3 is 2.33 bits per heavy atom. The molecule has 1 aliphatic carbocycles. The molecule has 0 N–H and O–H groups in total. The summed E-state index contributed by atoms with van der Waals surface area (Å²) in [6.07, 6.45) is 2.47. The van der Waals surface area contributed by atoms with Crippen LogP contribution in [0.5, 0.6) is 0 Å². The van der Waals surface area contributed by atoms with Gasteiger partial charge in [0.25, 0.3) is 0 Å². The Hall–Kier alpha value is -2.14. The molecule has 3 rings (SSSR count). The quantitative estimate of drug-likeness (QED) is 0.791. The summed E-state index contributed by atoms with van der Waals surface area (Å²) in [5, 5.41) is 0.547. The number of halogens is 1. The second-order valence-corrected chi connectivity index (χ2v) is 4.76. The lowest BCUT2D eigenvalue weighted by molar-refractivity contribution is 0.0994. The standard InChI is InChI=1S/C13H6FNO2S/c14-8-3-1-7(2-4-8)13-15-11-9(16)5-6-10(17)12(11)18-13/h1-6H. The molecule has 3 nitrogen and oxygen atoms in total. The van der Waals surface area contributed by atoms with Crippen molar-refractivity contribution in [2.45, 2.75) is 0 Å². The molecule has 18 heavy (non-hydrogen) atoms. The molecule has 0 saturated carbocycles. The molecule has 0 saturated heterocycles. The highest BCUT2D eigenvalue weighted by molar-refractivity contribution is 7.17. The third-order valence-electron chi connectivity index (χ3n) is 2.56. The van der Waals surface area contributed by atoms with E-state index < -0.39 is 0 Å². The molecule has 5 heteroatoms. The van der Waals surface area contributed by atoms with Crippen molar-refractivity contribution in [2.75, 3.05) is 0 Å². The highest BCUT2D eigenvalue weighted by Crippen LogP contribution is 2.30. The fourth-order valence-electron chi connectivity index (χ4n) is 1.68. The zero-order valence-electron chi connectivity index (χ0n) is 9.01. The van der Waals surface area contributed by atoms with Gasteiger partial charge in [0.15, 0.2) is 5.78 Å². The van der Waals surface area contributed by atoms with Crippen LogP contribution >= 0.6 is 11.3 Å². The van der Waals surface area contributed by atoms with E-state index >= 15 is 0 Å². The lowest BCUT2D eigenvalue weighted by Gasteiger charge is -1.98. The average Bonchev–Trinajstić information content (AvgIpc) is 2.81. The van der Waals surface area contributed by atoms with Crippen LogP contribution in [0.15, 0.2) is 36.4 Å². The van der Waals surface area contributed by atoms with Crippen LogP contribution in [0.1, 0.15) is 20.2 Å². The van der Waals surface area contributed by atoms with Gasteiger partial charge in [-0.15, -0.1) is 11.3 Å². The van der Waals surface area contributed by atoms with Gasteiger partial charge in [0.2, 0.25) is 5.78 Å². The fourth-order valence-corrected chi connectivity index (χ4v) is 2.67. The summed E-state index contributed by atoms with van der Waals surface area (Å²) in [5.41, 5.74) is 0.878. The normalized spacial score (nSPS) is 13.8. The van der Waals surface area contributed by atoms with Gasteiger partial charge in [0.05, 0.1) is 0 Å². The molecule has 1 aromatic carbocycles. The van der Waals surface area contributed by atoms with E-state index in [1.54, 1.807) is 12.1 Å². The van der Waals surface area contributed by atoms with Gasteiger partial charge in [0.1, 0.15) is 21.4 Å². The zero-order chi connectivity index (χ0) is 12.7. The highest BCUT2D eigenvalue weighted by Gasteiger charge is 2.24. The first kappa shape index (κ1) is 11.0. The van der Waals surface area contributed by atoms with Crippen LogP contribution in [0.2, 0.25) is 0 Å². The number of fused-ring (bicyclic) bond motifs is 1. The minimum absolute atomic E-state index is 0.187. The van der Waals surface area contributed by atoms with E-state index in [9.17, 15) is 14.0 Å². The molecule has 0 radical (unpaired) electrons. The van der Waals surface area contributed by atoms with Crippen molar-refractivity contribution in [3.8, 4) is 10.6 Å². The number of ketones is 2. The number of rotatable bonds is 1. The van der Waals surface area contributed by atoms with Gasteiger partial charge >= 0.3 is 0 Å². The van der Waals surface area contributed by atoms with Gasteiger partial charge < -0.3 is 0 Å². The van der Waals surface area contributed by atoms with Gasteiger partial charge in [-0.3, -0.25) is 9.59 Å². The molecule has 0 spiro atoms. The Bertz CT molecular complexity index is 650. The van der Waals surface area contributed by atoms with E-state index in [-0.39, 0.29) is 23.1 Å². The number of aromatic nitrogens is 1. The third-order valence-corrected chi connectivity index (χ3v) is 3.68. The second-order valence-electron chi connectivity index (χ2n) is 3.77. The van der Waals surface area contributed by atoms with Gasteiger partial charge in [-0.25, -0.2) is 9.37 Å². The molecule has 1 heterocycles. The van der Waals surface area contributed by atoms with E-state index in [1.165, 1.54) is 24.3 Å². The summed E-state index contributed by atoms with van der Waals surface area (Å²) in [4.78, 5) is 27.7. The Morgan fingerprint density at radius 2 is 1.67 bits per heavy atom. The van der Waals surface area contributed by atoms with E-state index in [2.05, 4.69) is 4.98 Å². The lowest BCUT2D eigenvalue weighted by Crippen LogP contribution is -2.08. The topological polar surface area (TPSA) is 47.0 Å². The maximum Gasteiger partial charge on any atom is 0.205 e. The Morgan fingerprint density at radius 1 is 1.00 bits per heavy atom. The molecule has 0 amide bonds. The Kier molecular flexibility index (Phi) is 2.41. The van der Waals surface area contributed by atoms with Crippen LogP contribution < -0.4 is 0 Å². The zero-order valence-corrected chi connectivity index (χ0v) is 9.83. The van der Waals surface area contributed by atoms with Gasteiger partial charge in [-0.2, -0.15) is 0 Å². The largest absolute Gasteiger partial charge is 0.288 e. The van der Waals surface area contributed by atoms with Crippen LogP contribution in [0.4, 0.5) is 4.39 Å². The third kappa shape index (κ3) is 1.69. The summed E-state index contributed by atoms with van der Waals surface area (Å²) in [5.74, 6) is -0.821. The predicted octanol–water partition coefficient (Wildman–Crippen LogP) is 2.88. The van der Waals surface area contributed by atoms with E-state index in [1.807, 2.05) is 0 Å². The molecule has 2 aromatic rings. The van der Waals surface area contributed by atoms with E-state index in [4.69, 9.17) is 0 Å². The van der Waals surface area contributed by atoms with Crippen molar-refractivity contribution in [2.24, 2.45) is 0 Å². The summed E-state index contributed by atoms with van der Waals surface area (Å²) < 4.78 is 12.8. The number of thiazole rings is 1. The average molecular weight is 259 g/mol. The monoisotopic (exact) mass is 259 g/mol. The van der Waals surface area contributed by atoms with Crippen molar-refractivity contribution in [1.29, 1.82) is 0 Å². The molecule has 0 atom stereocenters. The number of allylic oxidation sites excluding steroid dienone is 2. The molecular weight excluding hydrogens is 253 g/mol. The number of benzene rings is 1. The number of nitrogens with zero attached hydrogens (tertiary/aromatic N) is 1. The molecular formula is C13H6FNO2S. The minimum Gasteiger partial charge on any atom is -0.288 e. The Labute approximate surface area is 106 Å². The highest BCUT2D eigenvalue weighted by atomic mass is 32.1. The number of carbonyl (C=O) groups is 2. The summed E-state index contributed by atoms with van der Waals surface area (Å²) in [6, 6.07) is 5.78. The lowest BCUT2D eigenvalue weighted by atomic mass is 10.1. The fraction of sp³-hybridized carbons (Fsp3) is 0. The van der Waals surface area contributed by atoms with E-state index in [0.29, 0.717) is 15.4 Å². The van der Waals surface area contributed by atoms with Crippen molar-refractivity contribution in [3.63, 3.8) is 0 Å². The predicted molar refractivity (Wildman–Crippen MR) is 65.3 cm³/mol. The number of carbonyl (C=O) groups excluding carboxylic acids is 2. The van der Waals surface area contributed by atoms with Crippen molar-refractivity contribution >= 4 is 22.9 Å². The molecule has 88 valence electrons. The molecule has 0 fully saturated rings. The first-order valence-corrected chi connectivity index (χ1v) is 6.00. The Balaban J connectivity index is 2.11. The summed E-state index contributed by atoms with van der Waals surface area (Å²) in [7, 11) is 0. The van der Waals surface area contributed by atoms with Gasteiger partial charge in [-0.05, 0) is 36.4 Å². The number of hydrogen-bond donors (Lipinski definition) is 0. The minimum atomic E-state index is -0.339. The number of hydrogen-bond acceptors (Lipinski definition) is 4. The SMILES string of the molecule is O=C1C=CC(=O)c2sc(-c3ccc(F)cc3)nc21. The summed E-state index contributed by atoms with van der Waals surface area (Å²) in [6.45, 7) is 0. The van der Waals surface area contributed by atoms with Crippen molar-refractivity contribution in [3.05, 3.63) is 52.8 Å². The molecule has 0 bridgehead atoms. The van der Waals surface area contributed by atoms with Gasteiger partial charge in [-0.1, -0.05) is 0 Å². The molecule has 1 aromatic heterocycles. The second kappa shape index (κ2) is 3.96. The summed E-state index contributed by atoms with van der Waals surface area (Å²) >= 11 is 1.15. The van der Waals surface area contributed by atoms with Crippen LogP contribution in [-0.4, -0.2) is 16.6 Å². The maximum absolute atomic E-state index is 12.8. The van der Waals surface area contributed by atoms with Crippen molar-refractivity contribution in [1.82, 2.24) is 4.98 Å². The van der Waals surface area contributed by atoms with Crippen LogP contribution in [0.25, 0.3) is 10.6 Å². The maximum atomic E-state index is 12.8. The molecule has 0 aliphatic heterocycles. The molecule has 1 aliphatic rings. The van der Waals surface area contributed by atoms with Crippen LogP contribution in [0, 0.1) is 5.82 Å². The van der Waals surface area contributed by atoms with Gasteiger partial charge in [0, 0.05) is 5.56 Å². The van der Waals surface area contributed by atoms with Crippen molar-refractivity contribution < 1.29 is 14.0 Å². The first-order chi connectivity index (χ1) is 8.65. The first-order valence-electron chi connectivity index (χ1n) is 5.18. The van der Waals surface area contributed by atoms with Crippen LogP contribution in [-0.2, 0) is 0 Å². The van der Waals surface area contributed by atoms with E-state index in [0.717, 1.165) is 11.3 Å².